The molecule has 1 N–H and O–H groups in total. The Kier molecular flexibility index (Phi) is 5.50. The van der Waals surface area contributed by atoms with Crippen molar-refractivity contribution in [2.75, 3.05) is 0 Å². The first-order valence-electron chi connectivity index (χ1n) is 14.8. The highest BCUT2D eigenvalue weighted by molar-refractivity contribution is 6.26. The number of nitrogens with zero attached hydrogens (tertiary/aromatic N) is 3. The van der Waals surface area contributed by atoms with Crippen LogP contribution in [0.5, 0.6) is 0 Å². The van der Waals surface area contributed by atoms with Gasteiger partial charge in [-0.05, 0) is 47.3 Å². The van der Waals surface area contributed by atoms with E-state index in [1.807, 2.05) is 48.5 Å². The number of amidine groups is 2. The molecule has 0 radical (unpaired) electrons. The molecule has 0 fully saturated rings. The second kappa shape index (κ2) is 9.82. The van der Waals surface area contributed by atoms with Crippen LogP contribution in [0, 0.1) is 0 Å². The average molecular weight is 567 g/mol. The highest BCUT2D eigenvalue weighted by atomic mass is 16.3. The molecule has 0 saturated carbocycles. The standard InChI is InChI=1S/C39H26N4O/c1-3-11-25(12-4-1)37-40-38(26-13-5-2-6-14-26)42-39(41-37)27-21-23-28(24-22-27)43-31-17-9-16-30-29-15-7-8-19-33(29)44-34-20-10-18-32(43)36(34)35(30)31/h1-24,39H,(H,40,41,42). The minimum absolute atomic E-state index is 0.373. The Morgan fingerprint density at radius 1 is 0.500 bits per heavy atom. The molecular formula is C39H26N4O. The molecule has 0 saturated heterocycles. The first-order chi connectivity index (χ1) is 21.8. The van der Waals surface area contributed by atoms with Gasteiger partial charge in [-0.25, -0.2) is 9.98 Å². The zero-order chi connectivity index (χ0) is 29.0. The molecule has 1 aliphatic rings. The molecule has 0 bridgehead atoms. The van der Waals surface area contributed by atoms with Crippen molar-refractivity contribution >= 4 is 55.4 Å². The highest BCUT2D eigenvalue weighted by Crippen LogP contribution is 2.40. The first-order valence-corrected chi connectivity index (χ1v) is 14.8. The summed E-state index contributed by atoms with van der Waals surface area (Å²) in [6.45, 7) is 0. The molecule has 0 amide bonds. The molecule has 3 heterocycles. The Bertz CT molecular complexity index is 2340. The quantitative estimate of drug-likeness (QED) is 0.231. The van der Waals surface area contributed by atoms with Crippen molar-refractivity contribution in [3.8, 4) is 5.69 Å². The summed E-state index contributed by atoms with van der Waals surface area (Å²) in [5, 5.41) is 8.10. The van der Waals surface area contributed by atoms with E-state index < -0.39 is 0 Å². The average Bonchev–Trinajstić information content (AvgIpc) is 3.36. The van der Waals surface area contributed by atoms with Crippen LogP contribution in [-0.2, 0) is 0 Å². The molecule has 6 aromatic carbocycles. The van der Waals surface area contributed by atoms with Gasteiger partial charge in [0.2, 0.25) is 0 Å². The maximum absolute atomic E-state index is 6.51. The molecule has 0 unspecified atom stereocenters. The van der Waals surface area contributed by atoms with Gasteiger partial charge in [0.05, 0.1) is 16.4 Å². The summed E-state index contributed by atoms with van der Waals surface area (Å²) >= 11 is 0. The molecule has 208 valence electrons. The van der Waals surface area contributed by atoms with Gasteiger partial charge in [0.25, 0.3) is 0 Å². The molecule has 9 rings (SSSR count). The summed E-state index contributed by atoms with van der Waals surface area (Å²) in [5.74, 6) is 1.62. The fraction of sp³-hybridized carbons (Fsp3) is 0.0256. The minimum Gasteiger partial charge on any atom is -0.456 e. The maximum atomic E-state index is 6.51. The molecule has 1 aliphatic heterocycles. The Morgan fingerprint density at radius 2 is 1.07 bits per heavy atom. The summed E-state index contributed by atoms with van der Waals surface area (Å²) in [6, 6.07) is 50.2. The maximum Gasteiger partial charge on any atom is 0.169 e. The van der Waals surface area contributed by atoms with Crippen LogP contribution in [0.2, 0.25) is 0 Å². The van der Waals surface area contributed by atoms with Crippen molar-refractivity contribution < 1.29 is 4.42 Å². The van der Waals surface area contributed by atoms with Gasteiger partial charge in [-0.2, -0.15) is 0 Å². The third kappa shape index (κ3) is 3.87. The van der Waals surface area contributed by atoms with Gasteiger partial charge in [0.15, 0.2) is 6.17 Å². The van der Waals surface area contributed by atoms with Crippen LogP contribution >= 0.6 is 0 Å². The Morgan fingerprint density at radius 3 is 1.77 bits per heavy atom. The van der Waals surface area contributed by atoms with Crippen LogP contribution in [-0.4, -0.2) is 16.2 Å². The van der Waals surface area contributed by atoms with Crippen LogP contribution in [0.15, 0.2) is 160 Å². The van der Waals surface area contributed by atoms with Crippen molar-refractivity contribution in [3.63, 3.8) is 0 Å². The molecule has 8 aromatic rings. The number of para-hydroxylation sites is 1. The predicted molar refractivity (Wildman–Crippen MR) is 180 cm³/mol. The van der Waals surface area contributed by atoms with Crippen molar-refractivity contribution in [1.82, 2.24) is 9.88 Å². The van der Waals surface area contributed by atoms with Crippen LogP contribution in [0.3, 0.4) is 0 Å². The summed E-state index contributed by atoms with van der Waals surface area (Å²) in [6.07, 6.45) is -0.373. The predicted octanol–water partition coefficient (Wildman–Crippen LogP) is 9.18. The van der Waals surface area contributed by atoms with Gasteiger partial charge in [0, 0.05) is 27.6 Å². The zero-order valence-corrected chi connectivity index (χ0v) is 23.7. The second-order valence-electron chi connectivity index (χ2n) is 11.1. The van der Waals surface area contributed by atoms with Crippen LogP contribution in [0.25, 0.3) is 49.4 Å². The molecule has 0 aliphatic carbocycles. The van der Waals surface area contributed by atoms with Crippen LogP contribution in [0.1, 0.15) is 22.9 Å². The second-order valence-corrected chi connectivity index (χ2v) is 11.1. The van der Waals surface area contributed by atoms with Gasteiger partial charge in [-0.3, -0.25) is 0 Å². The number of nitrogens with one attached hydrogen (secondary N) is 1. The number of hydrogen-bond donors (Lipinski definition) is 1. The molecule has 0 spiro atoms. The van der Waals surface area contributed by atoms with Gasteiger partial charge in [-0.15, -0.1) is 0 Å². The Balaban J connectivity index is 1.20. The number of aliphatic imine (C=N–C) groups is 2. The van der Waals surface area contributed by atoms with Crippen molar-refractivity contribution in [2.24, 2.45) is 9.98 Å². The van der Waals surface area contributed by atoms with E-state index >= 15 is 0 Å². The summed E-state index contributed by atoms with van der Waals surface area (Å²) < 4.78 is 8.84. The van der Waals surface area contributed by atoms with Crippen molar-refractivity contribution in [2.45, 2.75) is 6.17 Å². The topological polar surface area (TPSA) is 54.8 Å². The van der Waals surface area contributed by atoms with E-state index in [2.05, 4.69) is 107 Å². The van der Waals surface area contributed by atoms with Crippen LogP contribution < -0.4 is 5.32 Å². The summed E-state index contributed by atoms with van der Waals surface area (Å²) in [4.78, 5) is 10.1. The summed E-state index contributed by atoms with van der Waals surface area (Å²) in [5.41, 5.74) is 8.17. The normalized spacial score (nSPS) is 13.8. The molecule has 44 heavy (non-hydrogen) atoms. The number of benzene rings is 6. The van der Waals surface area contributed by atoms with E-state index in [-0.39, 0.29) is 6.17 Å². The number of aromatic nitrogens is 1. The van der Waals surface area contributed by atoms with E-state index in [9.17, 15) is 0 Å². The van der Waals surface area contributed by atoms with Crippen molar-refractivity contribution in [3.05, 3.63) is 162 Å². The van der Waals surface area contributed by atoms with Gasteiger partial charge < -0.3 is 14.3 Å². The summed E-state index contributed by atoms with van der Waals surface area (Å²) in [7, 11) is 0. The minimum atomic E-state index is -0.373. The van der Waals surface area contributed by atoms with E-state index in [1.54, 1.807) is 0 Å². The molecule has 5 heteroatoms. The zero-order valence-electron chi connectivity index (χ0n) is 23.7. The van der Waals surface area contributed by atoms with E-state index in [0.717, 1.165) is 67.0 Å². The number of hydrogen-bond acceptors (Lipinski definition) is 4. The van der Waals surface area contributed by atoms with Gasteiger partial charge >= 0.3 is 0 Å². The number of fused-ring (bicyclic) bond motifs is 2. The monoisotopic (exact) mass is 566 g/mol. The smallest absolute Gasteiger partial charge is 0.169 e. The molecule has 0 atom stereocenters. The van der Waals surface area contributed by atoms with E-state index in [0.29, 0.717) is 0 Å². The van der Waals surface area contributed by atoms with Gasteiger partial charge in [-0.1, -0.05) is 109 Å². The Hall–Kier alpha value is -5.94. The lowest BCUT2D eigenvalue weighted by Crippen LogP contribution is -2.35. The molecular weight excluding hydrogens is 540 g/mol. The molecule has 5 nitrogen and oxygen atoms in total. The lowest BCUT2D eigenvalue weighted by molar-refractivity contribution is 0.664. The Labute approximate surface area is 253 Å². The molecule has 2 aromatic heterocycles. The lowest BCUT2D eigenvalue weighted by atomic mass is 10.1. The third-order valence-electron chi connectivity index (χ3n) is 8.46. The van der Waals surface area contributed by atoms with E-state index in [4.69, 9.17) is 14.4 Å². The van der Waals surface area contributed by atoms with E-state index in [1.165, 1.54) is 10.8 Å². The van der Waals surface area contributed by atoms with Crippen molar-refractivity contribution in [1.29, 1.82) is 0 Å². The number of rotatable bonds is 4. The third-order valence-corrected chi connectivity index (χ3v) is 8.46. The highest BCUT2D eigenvalue weighted by Gasteiger charge is 2.22. The fourth-order valence-electron chi connectivity index (χ4n) is 6.44. The largest absolute Gasteiger partial charge is 0.456 e. The van der Waals surface area contributed by atoms with Gasteiger partial charge in [0.1, 0.15) is 22.8 Å². The SMILES string of the molecule is c1ccc(C2=NC(c3ccc(-n4c5cccc6oc7ccccc7c7cccc4c7c65)cc3)N=C(c3ccccc3)N2)cc1. The fourth-order valence-corrected chi connectivity index (χ4v) is 6.44. The lowest BCUT2D eigenvalue weighted by Gasteiger charge is -2.22. The first kappa shape index (κ1) is 24.6. The van der Waals surface area contributed by atoms with Crippen LogP contribution in [0.4, 0.5) is 0 Å².